The number of rotatable bonds is 4. The lowest BCUT2D eigenvalue weighted by molar-refractivity contribution is -0.161. The molecule has 0 aromatic heterocycles. The van der Waals surface area contributed by atoms with Crippen LogP contribution in [0.1, 0.15) is 6.92 Å². The van der Waals surface area contributed by atoms with E-state index in [9.17, 15) is 26.7 Å². The maximum absolute atomic E-state index is 12.5. The standard InChI is InChI=1S/C6H7F5O2.H2O/c1-6(13,5(10)11)3(7)2(12)4(8)9;/h3-5,13H,1H3;1H2. The molecule has 0 rings (SSSR count). The molecule has 2 unspecified atom stereocenters. The summed E-state index contributed by atoms with van der Waals surface area (Å²) >= 11 is 0. The molecule has 8 heteroatoms. The Morgan fingerprint density at radius 3 is 1.79 bits per heavy atom. The Balaban J connectivity index is 0. The summed E-state index contributed by atoms with van der Waals surface area (Å²) in [7, 11) is 0. The number of aliphatic hydroxyl groups is 1. The zero-order valence-electron chi connectivity index (χ0n) is 6.98. The van der Waals surface area contributed by atoms with Gasteiger partial charge in [-0.2, -0.15) is 0 Å². The largest absolute Gasteiger partial charge is 0.412 e. The molecule has 0 spiro atoms. The van der Waals surface area contributed by atoms with Crippen molar-refractivity contribution in [3.05, 3.63) is 0 Å². The minimum absolute atomic E-state index is 0. The number of Topliss-reactive ketones (excluding diaryl/α,β-unsaturated/α-hetero) is 1. The monoisotopic (exact) mass is 224 g/mol. The van der Waals surface area contributed by atoms with Gasteiger partial charge >= 0.3 is 0 Å². The first-order chi connectivity index (χ1) is 5.71. The average molecular weight is 224 g/mol. The molecule has 0 aromatic rings. The van der Waals surface area contributed by atoms with Crippen molar-refractivity contribution in [2.24, 2.45) is 0 Å². The van der Waals surface area contributed by atoms with Crippen LogP contribution in [0.25, 0.3) is 0 Å². The van der Waals surface area contributed by atoms with E-state index in [1.165, 1.54) is 0 Å². The first-order valence-electron chi connectivity index (χ1n) is 3.17. The molecular weight excluding hydrogens is 215 g/mol. The molecule has 2 atom stereocenters. The van der Waals surface area contributed by atoms with E-state index in [0.717, 1.165) is 0 Å². The van der Waals surface area contributed by atoms with Gasteiger partial charge in [0.1, 0.15) is 0 Å². The van der Waals surface area contributed by atoms with Crippen molar-refractivity contribution in [1.82, 2.24) is 0 Å². The van der Waals surface area contributed by atoms with Crippen molar-refractivity contribution in [3.8, 4) is 0 Å². The Bertz CT molecular complexity index is 194. The third-order valence-electron chi connectivity index (χ3n) is 1.42. The fraction of sp³-hybridized carbons (Fsp3) is 0.833. The predicted octanol–water partition coefficient (Wildman–Crippen LogP) is 0.350. The average Bonchev–Trinajstić information content (AvgIpc) is 2.01. The topological polar surface area (TPSA) is 68.8 Å². The summed E-state index contributed by atoms with van der Waals surface area (Å²) in [6.45, 7) is 0.280. The molecule has 3 nitrogen and oxygen atoms in total. The Morgan fingerprint density at radius 1 is 1.21 bits per heavy atom. The van der Waals surface area contributed by atoms with Crippen LogP contribution >= 0.6 is 0 Å². The fourth-order valence-corrected chi connectivity index (χ4v) is 0.509. The van der Waals surface area contributed by atoms with E-state index < -0.39 is 30.4 Å². The third kappa shape index (κ3) is 3.18. The lowest BCUT2D eigenvalue weighted by Crippen LogP contribution is -2.49. The minimum atomic E-state index is -3.71. The van der Waals surface area contributed by atoms with Gasteiger partial charge in [-0.3, -0.25) is 4.79 Å². The normalized spacial score (nSPS) is 17.5. The molecule has 0 saturated carbocycles. The molecule has 86 valence electrons. The Labute approximate surface area is 75.8 Å². The number of carbonyl (C=O) groups excluding carboxylic acids is 1. The fourth-order valence-electron chi connectivity index (χ4n) is 0.509. The highest BCUT2D eigenvalue weighted by Gasteiger charge is 2.47. The van der Waals surface area contributed by atoms with E-state index in [1.807, 2.05) is 0 Å². The molecule has 0 bridgehead atoms. The molecule has 0 aliphatic heterocycles. The highest BCUT2D eigenvalue weighted by Crippen LogP contribution is 2.24. The Hall–Kier alpha value is -0.760. The molecule has 0 fully saturated rings. The molecule has 0 aromatic carbocycles. The van der Waals surface area contributed by atoms with Crippen LogP contribution in [0.4, 0.5) is 22.0 Å². The summed E-state index contributed by atoms with van der Waals surface area (Å²) in [6, 6.07) is 0. The summed E-state index contributed by atoms with van der Waals surface area (Å²) in [6.07, 6.45) is -10.6. The lowest BCUT2D eigenvalue weighted by atomic mass is 9.98. The number of halogens is 5. The zero-order chi connectivity index (χ0) is 10.8. The van der Waals surface area contributed by atoms with E-state index in [1.54, 1.807) is 0 Å². The SMILES string of the molecule is CC(O)(C(F)F)C(F)C(=O)C(F)F.O. The molecule has 14 heavy (non-hydrogen) atoms. The van der Waals surface area contributed by atoms with Gasteiger partial charge in [-0.1, -0.05) is 0 Å². The van der Waals surface area contributed by atoms with Gasteiger partial charge in [-0.05, 0) is 6.92 Å². The van der Waals surface area contributed by atoms with Gasteiger partial charge in [0.25, 0.3) is 12.9 Å². The summed E-state index contributed by atoms with van der Waals surface area (Å²) in [5.41, 5.74) is -3.37. The summed E-state index contributed by atoms with van der Waals surface area (Å²) in [5.74, 6) is -2.34. The summed E-state index contributed by atoms with van der Waals surface area (Å²) in [4.78, 5) is 10.2. The van der Waals surface area contributed by atoms with E-state index >= 15 is 0 Å². The molecule has 3 N–H and O–H groups in total. The number of hydrogen-bond donors (Lipinski definition) is 1. The van der Waals surface area contributed by atoms with Crippen molar-refractivity contribution < 1.29 is 37.3 Å². The van der Waals surface area contributed by atoms with Crippen LogP contribution in [0.2, 0.25) is 0 Å². The molecule has 0 heterocycles. The molecule has 0 saturated heterocycles. The van der Waals surface area contributed by atoms with Gasteiger partial charge in [-0.15, -0.1) is 0 Å². The van der Waals surface area contributed by atoms with Crippen LogP contribution in [0, 0.1) is 0 Å². The van der Waals surface area contributed by atoms with E-state index in [0.29, 0.717) is 0 Å². The number of hydrogen-bond acceptors (Lipinski definition) is 2. The van der Waals surface area contributed by atoms with Gasteiger partial charge in [0.15, 0.2) is 11.8 Å². The highest BCUT2D eigenvalue weighted by molar-refractivity contribution is 5.87. The second-order valence-corrected chi connectivity index (χ2v) is 2.59. The van der Waals surface area contributed by atoms with Gasteiger partial charge < -0.3 is 10.6 Å². The Morgan fingerprint density at radius 2 is 1.57 bits per heavy atom. The first-order valence-corrected chi connectivity index (χ1v) is 3.17. The number of ketones is 1. The van der Waals surface area contributed by atoms with Gasteiger partial charge in [-0.25, -0.2) is 22.0 Å². The highest BCUT2D eigenvalue weighted by atomic mass is 19.3. The van der Waals surface area contributed by atoms with E-state index in [2.05, 4.69) is 0 Å². The van der Waals surface area contributed by atoms with Crippen LogP contribution in [-0.4, -0.2) is 41.0 Å². The van der Waals surface area contributed by atoms with E-state index in [4.69, 9.17) is 5.11 Å². The van der Waals surface area contributed by atoms with E-state index in [-0.39, 0.29) is 12.4 Å². The smallest absolute Gasteiger partial charge is 0.299 e. The van der Waals surface area contributed by atoms with Crippen LogP contribution in [0.3, 0.4) is 0 Å². The van der Waals surface area contributed by atoms with Crippen LogP contribution in [0.5, 0.6) is 0 Å². The van der Waals surface area contributed by atoms with Crippen molar-refractivity contribution in [3.63, 3.8) is 0 Å². The van der Waals surface area contributed by atoms with Gasteiger partial charge in [0, 0.05) is 0 Å². The first kappa shape index (κ1) is 15.7. The van der Waals surface area contributed by atoms with Crippen molar-refractivity contribution in [2.75, 3.05) is 0 Å². The lowest BCUT2D eigenvalue weighted by Gasteiger charge is -2.24. The van der Waals surface area contributed by atoms with Crippen LogP contribution in [-0.2, 0) is 4.79 Å². The van der Waals surface area contributed by atoms with Crippen molar-refractivity contribution in [2.45, 2.75) is 31.5 Å². The second-order valence-electron chi connectivity index (χ2n) is 2.59. The number of carbonyl (C=O) groups is 1. The number of alkyl halides is 5. The molecule has 0 radical (unpaired) electrons. The quantitative estimate of drug-likeness (QED) is 0.700. The summed E-state index contributed by atoms with van der Waals surface area (Å²) < 4.78 is 59.2. The maximum atomic E-state index is 12.5. The molecular formula is C6H9F5O3. The van der Waals surface area contributed by atoms with Crippen molar-refractivity contribution in [1.29, 1.82) is 0 Å². The van der Waals surface area contributed by atoms with Crippen LogP contribution in [0.15, 0.2) is 0 Å². The minimum Gasteiger partial charge on any atom is -0.412 e. The zero-order valence-corrected chi connectivity index (χ0v) is 6.98. The molecule has 0 aliphatic rings. The third-order valence-corrected chi connectivity index (χ3v) is 1.42. The second kappa shape index (κ2) is 5.20. The molecule has 0 amide bonds. The van der Waals surface area contributed by atoms with Crippen LogP contribution < -0.4 is 0 Å². The predicted molar refractivity (Wildman–Crippen MR) is 36.1 cm³/mol. The maximum Gasteiger partial charge on any atom is 0.299 e. The van der Waals surface area contributed by atoms with Gasteiger partial charge in [0.2, 0.25) is 5.78 Å². The Kier molecular flexibility index (Phi) is 5.83. The summed E-state index contributed by atoms with van der Waals surface area (Å²) in [5, 5.41) is 8.60. The van der Waals surface area contributed by atoms with Crippen molar-refractivity contribution >= 4 is 5.78 Å². The van der Waals surface area contributed by atoms with Gasteiger partial charge in [0.05, 0.1) is 0 Å². The molecule has 0 aliphatic carbocycles.